The third kappa shape index (κ3) is 3.39. The molecular formula is C13H26N2O. The molecule has 1 aliphatic rings. The third-order valence-corrected chi connectivity index (χ3v) is 3.79. The van der Waals surface area contributed by atoms with Gasteiger partial charge in [-0.15, -0.1) is 0 Å². The van der Waals surface area contributed by atoms with Crippen LogP contribution in [0.1, 0.15) is 47.0 Å². The fourth-order valence-electron chi connectivity index (χ4n) is 2.64. The maximum Gasteiger partial charge on any atom is 0.317 e. The van der Waals surface area contributed by atoms with Gasteiger partial charge < -0.3 is 10.2 Å². The Labute approximate surface area is 99.6 Å². The fourth-order valence-corrected chi connectivity index (χ4v) is 2.64. The van der Waals surface area contributed by atoms with Gasteiger partial charge in [0, 0.05) is 19.1 Å². The highest BCUT2D eigenvalue weighted by molar-refractivity contribution is 5.74. The summed E-state index contributed by atoms with van der Waals surface area (Å²) in [7, 11) is 0. The molecule has 1 aliphatic carbocycles. The van der Waals surface area contributed by atoms with Crippen LogP contribution in [0.25, 0.3) is 0 Å². The highest BCUT2D eigenvalue weighted by Gasteiger charge is 2.27. The van der Waals surface area contributed by atoms with Crippen molar-refractivity contribution in [1.29, 1.82) is 0 Å². The van der Waals surface area contributed by atoms with Crippen molar-refractivity contribution in [2.24, 2.45) is 11.8 Å². The first-order valence-electron chi connectivity index (χ1n) is 6.63. The van der Waals surface area contributed by atoms with Crippen LogP contribution in [-0.4, -0.2) is 30.1 Å². The fraction of sp³-hybridized carbons (Fsp3) is 0.923. The molecule has 1 fully saturated rings. The number of rotatable bonds is 3. The van der Waals surface area contributed by atoms with Gasteiger partial charge in [-0.25, -0.2) is 4.79 Å². The van der Waals surface area contributed by atoms with E-state index in [0.29, 0.717) is 12.0 Å². The molecule has 94 valence electrons. The van der Waals surface area contributed by atoms with Crippen LogP contribution >= 0.6 is 0 Å². The quantitative estimate of drug-likeness (QED) is 0.788. The molecule has 3 nitrogen and oxygen atoms in total. The molecule has 3 heteroatoms. The second-order valence-corrected chi connectivity index (χ2v) is 5.12. The lowest BCUT2D eigenvalue weighted by Crippen LogP contribution is -2.48. The van der Waals surface area contributed by atoms with Crippen molar-refractivity contribution < 1.29 is 4.79 Å². The Hall–Kier alpha value is -0.730. The van der Waals surface area contributed by atoms with Crippen molar-refractivity contribution in [1.82, 2.24) is 10.2 Å². The van der Waals surface area contributed by atoms with Crippen molar-refractivity contribution in [3.63, 3.8) is 0 Å². The molecule has 0 spiro atoms. The zero-order valence-electron chi connectivity index (χ0n) is 11.1. The first kappa shape index (κ1) is 13.3. The molecule has 0 aromatic rings. The Bertz CT molecular complexity index is 226. The zero-order chi connectivity index (χ0) is 12.1. The summed E-state index contributed by atoms with van der Waals surface area (Å²) in [5.41, 5.74) is 0. The normalized spacial score (nSPS) is 29.9. The summed E-state index contributed by atoms with van der Waals surface area (Å²) < 4.78 is 0. The molecule has 0 aromatic carbocycles. The molecule has 1 N–H and O–H groups in total. The van der Waals surface area contributed by atoms with Gasteiger partial charge >= 0.3 is 6.03 Å². The van der Waals surface area contributed by atoms with Gasteiger partial charge in [0.1, 0.15) is 0 Å². The molecular weight excluding hydrogens is 200 g/mol. The highest BCUT2D eigenvalue weighted by atomic mass is 16.2. The number of carbonyl (C=O) groups is 1. The summed E-state index contributed by atoms with van der Waals surface area (Å²) in [6, 6.07) is 0.487. The van der Waals surface area contributed by atoms with E-state index in [1.165, 1.54) is 12.8 Å². The molecule has 0 radical (unpaired) electrons. The second kappa shape index (κ2) is 6.12. The van der Waals surface area contributed by atoms with E-state index >= 15 is 0 Å². The molecule has 0 heterocycles. The van der Waals surface area contributed by atoms with Crippen LogP contribution in [-0.2, 0) is 0 Å². The van der Waals surface area contributed by atoms with Crippen molar-refractivity contribution >= 4 is 6.03 Å². The molecule has 2 amide bonds. The van der Waals surface area contributed by atoms with E-state index in [0.717, 1.165) is 25.4 Å². The number of urea groups is 1. The molecule has 1 rings (SSSR count). The number of nitrogens with zero attached hydrogens (tertiary/aromatic N) is 1. The third-order valence-electron chi connectivity index (χ3n) is 3.79. The van der Waals surface area contributed by atoms with Crippen LogP contribution in [0, 0.1) is 11.8 Å². The van der Waals surface area contributed by atoms with E-state index in [4.69, 9.17) is 0 Å². The van der Waals surface area contributed by atoms with Gasteiger partial charge in [-0.3, -0.25) is 0 Å². The molecule has 0 bridgehead atoms. The Morgan fingerprint density at radius 3 is 2.38 bits per heavy atom. The van der Waals surface area contributed by atoms with Crippen LogP contribution in [0.4, 0.5) is 4.79 Å². The summed E-state index contributed by atoms with van der Waals surface area (Å²) in [6.07, 6.45) is 3.62. The maximum absolute atomic E-state index is 11.9. The van der Waals surface area contributed by atoms with Crippen LogP contribution < -0.4 is 5.32 Å². The van der Waals surface area contributed by atoms with Crippen molar-refractivity contribution in [2.75, 3.05) is 13.1 Å². The van der Waals surface area contributed by atoms with Gasteiger partial charge in [0.05, 0.1) is 0 Å². The van der Waals surface area contributed by atoms with E-state index in [9.17, 15) is 4.79 Å². The van der Waals surface area contributed by atoms with Gasteiger partial charge in [0.2, 0.25) is 0 Å². The predicted octanol–water partition coefficient (Wildman–Crippen LogP) is 2.86. The van der Waals surface area contributed by atoms with E-state index in [2.05, 4.69) is 19.2 Å². The average Bonchev–Trinajstić information content (AvgIpc) is 2.24. The van der Waals surface area contributed by atoms with E-state index in [1.807, 2.05) is 18.7 Å². The average molecular weight is 226 g/mol. The van der Waals surface area contributed by atoms with E-state index in [1.54, 1.807) is 0 Å². The summed E-state index contributed by atoms with van der Waals surface area (Å²) in [5, 5.41) is 3.18. The van der Waals surface area contributed by atoms with Crippen molar-refractivity contribution in [3.8, 4) is 0 Å². The Balaban J connectivity index is 2.44. The SMILES string of the molecule is CCN(CC)C(=O)NC1CCC(C)CC1C. The number of carbonyl (C=O) groups excluding carboxylic acids is 1. The summed E-state index contributed by atoms with van der Waals surface area (Å²) in [5.74, 6) is 1.43. The van der Waals surface area contributed by atoms with Crippen LogP contribution in [0.3, 0.4) is 0 Å². The van der Waals surface area contributed by atoms with Crippen LogP contribution in [0.2, 0.25) is 0 Å². The molecule has 0 aromatic heterocycles. The van der Waals surface area contributed by atoms with Gasteiger partial charge in [-0.1, -0.05) is 13.8 Å². The maximum atomic E-state index is 11.9. The van der Waals surface area contributed by atoms with E-state index < -0.39 is 0 Å². The highest BCUT2D eigenvalue weighted by Crippen LogP contribution is 2.28. The van der Waals surface area contributed by atoms with E-state index in [-0.39, 0.29) is 6.03 Å². The number of hydrogen-bond acceptors (Lipinski definition) is 1. The minimum atomic E-state index is 0.108. The monoisotopic (exact) mass is 226 g/mol. The molecule has 1 saturated carbocycles. The Kier molecular flexibility index (Phi) is 5.10. The van der Waals surface area contributed by atoms with Gasteiger partial charge in [0.15, 0.2) is 0 Å². The van der Waals surface area contributed by atoms with Crippen LogP contribution in [0.5, 0.6) is 0 Å². The summed E-state index contributed by atoms with van der Waals surface area (Å²) in [4.78, 5) is 13.8. The molecule has 0 aliphatic heterocycles. The van der Waals surface area contributed by atoms with Gasteiger partial charge in [0.25, 0.3) is 0 Å². The molecule has 0 saturated heterocycles. The number of nitrogens with one attached hydrogen (secondary N) is 1. The lowest BCUT2D eigenvalue weighted by Gasteiger charge is -2.34. The molecule has 3 unspecified atom stereocenters. The minimum absolute atomic E-state index is 0.108. The Morgan fingerprint density at radius 2 is 1.88 bits per heavy atom. The van der Waals surface area contributed by atoms with Crippen molar-refractivity contribution in [3.05, 3.63) is 0 Å². The standard InChI is InChI=1S/C13H26N2O/c1-5-15(6-2)13(16)14-12-8-7-10(3)9-11(12)4/h10-12H,5-9H2,1-4H3,(H,14,16). The summed E-state index contributed by atoms with van der Waals surface area (Å²) >= 11 is 0. The van der Waals surface area contributed by atoms with Crippen LogP contribution in [0.15, 0.2) is 0 Å². The molecule has 3 atom stereocenters. The topological polar surface area (TPSA) is 32.3 Å². The lowest BCUT2D eigenvalue weighted by atomic mass is 9.80. The van der Waals surface area contributed by atoms with Gasteiger partial charge in [-0.05, 0) is 44.9 Å². The molecule has 16 heavy (non-hydrogen) atoms. The van der Waals surface area contributed by atoms with Crippen molar-refractivity contribution in [2.45, 2.75) is 53.0 Å². The zero-order valence-corrected chi connectivity index (χ0v) is 11.1. The van der Waals surface area contributed by atoms with Gasteiger partial charge in [-0.2, -0.15) is 0 Å². The first-order valence-corrected chi connectivity index (χ1v) is 6.63. The number of hydrogen-bond donors (Lipinski definition) is 1. The largest absolute Gasteiger partial charge is 0.335 e. The number of amides is 2. The summed E-state index contributed by atoms with van der Waals surface area (Å²) in [6.45, 7) is 10.2. The second-order valence-electron chi connectivity index (χ2n) is 5.12. The smallest absolute Gasteiger partial charge is 0.317 e. The minimum Gasteiger partial charge on any atom is -0.335 e. The Morgan fingerprint density at radius 1 is 1.25 bits per heavy atom. The lowest BCUT2D eigenvalue weighted by molar-refractivity contribution is 0.178. The first-order chi connectivity index (χ1) is 7.58. The predicted molar refractivity (Wildman–Crippen MR) is 67.4 cm³/mol.